The van der Waals surface area contributed by atoms with Gasteiger partial charge in [-0.2, -0.15) is 0 Å². The third kappa shape index (κ3) is 3.53. The Morgan fingerprint density at radius 1 is 1.31 bits per heavy atom. The summed E-state index contributed by atoms with van der Waals surface area (Å²) < 4.78 is 5.78. The molecule has 90 valence electrons. The van der Waals surface area contributed by atoms with Crippen LogP contribution in [0.2, 0.25) is 0 Å². The SMILES string of the molecule is Cc1ccc(C(C)(C)C)c(OC[C@@H](C)N)c1. The second kappa shape index (κ2) is 4.88. The van der Waals surface area contributed by atoms with E-state index in [0.717, 1.165) is 5.75 Å². The van der Waals surface area contributed by atoms with E-state index < -0.39 is 0 Å². The van der Waals surface area contributed by atoms with Crippen LogP contribution in [0.15, 0.2) is 18.2 Å². The van der Waals surface area contributed by atoms with Crippen molar-refractivity contribution in [2.75, 3.05) is 6.61 Å². The molecule has 2 heteroatoms. The van der Waals surface area contributed by atoms with Gasteiger partial charge < -0.3 is 10.5 Å². The molecule has 1 atom stereocenters. The van der Waals surface area contributed by atoms with Gasteiger partial charge in [-0.25, -0.2) is 0 Å². The van der Waals surface area contributed by atoms with Crippen molar-refractivity contribution < 1.29 is 4.74 Å². The molecule has 0 fully saturated rings. The van der Waals surface area contributed by atoms with E-state index in [0.29, 0.717) is 6.61 Å². The number of aryl methyl sites for hydroxylation is 1. The molecule has 16 heavy (non-hydrogen) atoms. The minimum absolute atomic E-state index is 0.0633. The molecule has 0 heterocycles. The maximum atomic E-state index is 5.78. The quantitative estimate of drug-likeness (QED) is 0.851. The number of nitrogens with two attached hydrogens (primary N) is 1. The van der Waals surface area contributed by atoms with Gasteiger partial charge in [0, 0.05) is 6.04 Å². The van der Waals surface area contributed by atoms with Crippen molar-refractivity contribution >= 4 is 0 Å². The number of benzene rings is 1. The second-order valence-corrected chi connectivity index (χ2v) is 5.54. The first-order valence-electron chi connectivity index (χ1n) is 5.80. The van der Waals surface area contributed by atoms with Gasteiger partial charge in [0.1, 0.15) is 12.4 Å². The van der Waals surface area contributed by atoms with E-state index in [4.69, 9.17) is 10.5 Å². The lowest BCUT2D eigenvalue weighted by atomic mass is 9.86. The van der Waals surface area contributed by atoms with Gasteiger partial charge in [0.2, 0.25) is 0 Å². The minimum atomic E-state index is 0.0633. The Morgan fingerprint density at radius 3 is 2.44 bits per heavy atom. The van der Waals surface area contributed by atoms with E-state index in [2.05, 4.69) is 45.9 Å². The van der Waals surface area contributed by atoms with Crippen molar-refractivity contribution in [3.63, 3.8) is 0 Å². The molecule has 0 spiro atoms. The first-order chi connectivity index (χ1) is 7.30. The van der Waals surface area contributed by atoms with Gasteiger partial charge in [-0.05, 0) is 36.5 Å². The molecule has 0 radical (unpaired) electrons. The van der Waals surface area contributed by atoms with Crippen LogP contribution in [0.25, 0.3) is 0 Å². The van der Waals surface area contributed by atoms with Crippen molar-refractivity contribution in [1.29, 1.82) is 0 Å². The fourth-order valence-electron chi connectivity index (χ4n) is 1.59. The molecule has 1 rings (SSSR count). The molecule has 2 N–H and O–H groups in total. The normalized spacial score (nSPS) is 13.6. The zero-order valence-electron chi connectivity index (χ0n) is 11.0. The van der Waals surface area contributed by atoms with Gasteiger partial charge in [0.15, 0.2) is 0 Å². The summed E-state index contributed by atoms with van der Waals surface area (Å²) in [7, 11) is 0. The summed E-state index contributed by atoms with van der Waals surface area (Å²) in [5, 5.41) is 0. The largest absolute Gasteiger partial charge is 0.492 e. The first-order valence-corrected chi connectivity index (χ1v) is 5.80. The molecule has 2 nitrogen and oxygen atoms in total. The van der Waals surface area contributed by atoms with Crippen LogP contribution in [0.5, 0.6) is 5.75 Å². The van der Waals surface area contributed by atoms with Crippen LogP contribution < -0.4 is 10.5 Å². The fraction of sp³-hybridized carbons (Fsp3) is 0.571. The predicted octanol–water partition coefficient (Wildman–Crippen LogP) is 3.02. The number of rotatable bonds is 3. The number of hydrogen-bond donors (Lipinski definition) is 1. The smallest absolute Gasteiger partial charge is 0.123 e. The molecule has 0 bridgehead atoms. The molecule has 0 aliphatic rings. The van der Waals surface area contributed by atoms with E-state index in [1.54, 1.807) is 0 Å². The van der Waals surface area contributed by atoms with Crippen molar-refractivity contribution in [3.05, 3.63) is 29.3 Å². The molecular weight excluding hydrogens is 198 g/mol. The molecule has 0 aromatic heterocycles. The van der Waals surface area contributed by atoms with Crippen molar-refractivity contribution in [3.8, 4) is 5.75 Å². The average molecular weight is 221 g/mol. The average Bonchev–Trinajstić information content (AvgIpc) is 2.12. The van der Waals surface area contributed by atoms with Gasteiger partial charge >= 0.3 is 0 Å². The van der Waals surface area contributed by atoms with E-state index in [-0.39, 0.29) is 11.5 Å². The maximum Gasteiger partial charge on any atom is 0.123 e. The summed E-state index contributed by atoms with van der Waals surface area (Å²) in [4.78, 5) is 0. The van der Waals surface area contributed by atoms with E-state index in [1.165, 1.54) is 11.1 Å². The van der Waals surface area contributed by atoms with Gasteiger partial charge in [-0.15, -0.1) is 0 Å². The van der Waals surface area contributed by atoms with Crippen LogP contribution in [0, 0.1) is 6.92 Å². The summed E-state index contributed by atoms with van der Waals surface area (Å²) in [6, 6.07) is 6.42. The fourth-order valence-corrected chi connectivity index (χ4v) is 1.59. The van der Waals surface area contributed by atoms with Crippen LogP contribution in [0.3, 0.4) is 0 Å². The lowest BCUT2D eigenvalue weighted by Crippen LogP contribution is -2.25. The summed E-state index contributed by atoms with van der Waals surface area (Å²) >= 11 is 0. The van der Waals surface area contributed by atoms with Crippen molar-refractivity contribution in [1.82, 2.24) is 0 Å². The highest BCUT2D eigenvalue weighted by Crippen LogP contribution is 2.32. The molecule has 0 saturated carbocycles. The second-order valence-electron chi connectivity index (χ2n) is 5.54. The molecule has 1 aromatic rings. The van der Waals surface area contributed by atoms with Crippen LogP contribution in [-0.2, 0) is 5.41 Å². The van der Waals surface area contributed by atoms with Gasteiger partial charge in [-0.1, -0.05) is 32.9 Å². The monoisotopic (exact) mass is 221 g/mol. The van der Waals surface area contributed by atoms with E-state index >= 15 is 0 Å². The Hall–Kier alpha value is -1.02. The third-order valence-corrected chi connectivity index (χ3v) is 2.45. The third-order valence-electron chi connectivity index (χ3n) is 2.45. The van der Waals surface area contributed by atoms with Crippen LogP contribution in [0.1, 0.15) is 38.8 Å². The van der Waals surface area contributed by atoms with E-state index in [1.807, 2.05) is 6.92 Å². The summed E-state index contributed by atoms with van der Waals surface area (Å²) in [5.41, 5.74) is 8.26. The van der Waals surface area contributed by atoms with E-state index in [9.17, 15) is 0 Å². The van der Waals surface area contributed by atoms with Crippen LogP contribution in [-0.4, -0.2) is 12.6 Å². The van der Waals surface area contributed by atoms with Gasteiger partial charge in [-0.3, -0.25) is 0 Å². The summed E-state index contributed by atoms with van der Waals surface area (Å²) in [6.45, 7) is 11.2. The van der Waals surface area contributed by atoms with Crippen LogP contribution in [0.4, 0.5) is 0 Å². The molecule has 1 aromatic carbocycles. The van der Waals surface area contributed by atoms with Gasteiger partial charge in [0.05, 0.1) is 0 Å². The lowest BCUT2D eigenvalue weighted by molar-refractivity contribution is 0.288. The Morgan fingerprint density at radius 2 is 1.94 bits per heavy atom. The Balaban J connectivity index is 2.99. The van der Waals surface area contributed by atoms with Crippen molar-refractivity contribution in [2.45, 2.75) is 46.1 Å². The van der Waals surface area contributed by atoms with Crippen LogP contribution >= 0.6 is 0 Å². The molecule has 0 amide bonds. The first kappa shape index (κ1) is 13.0. The standard InChI is InChI=1S/C14H23NO/c1-10-6-7-12(14(3,4)5)13(8-10)16-9-11(2)15/h6-8,11H,9,15H2,1-5H3/t11-/m1/s1. The minimum Gasteiger partial charge on any atom is -0.492 e. The molecule has 0 aliphatic carbocycles. The lowest BCUT2D eigenvalue weighted by Gasteiger charge is -2.23. The Bertz CT molecular complexity index is 350. The summed E-state index contributed by atoms with van der Waals surface area (Å²) in [6.07, 6.45) is 0. The highest BCUT2D eigenvalue weighted by atomic mass is 16.5. The molecular formula is C14H23NO. The molecule has 0 unspecified atom stereocenters. The maximum absolute atomic E-state index is 5.78. The van der Waals surface area contributed by atoms with Gasteiger partial charge in [0.25, 0.3) is 0 Å². The topological polar surface area (TPSA) is 35.2 Å². The zero-order valence-corrected chi connectivity index (χ0v) is 11.0. The Labute approximate surface area is 98.8 Å². The Kier molecular flexibility index (Phi) is 3.98. The highest BCUT2D eigenvalue weighted by molar-refractivity contribution is 5.41. The molecule has 0 aliphatic heterocycles. The molecule has 0 saturated heterocycles. The number of ether oxygens (including phenoxy) is 1. The highest BCUT2D eigenvalue weighted by Gasteiger charge is 2.19. The van der Waals surface area contributed by atoms with Crippen molar-refractivity contribution in [2.24, 2.45) is 5.73 Å². The number of hydrogen-bond acceptors (Lipinski definition) is 2. The summed E-state index contributed by atoms with van der Waals surface area (Å²) in [5.74, 6) is 0.963. The predicted molar refractivity (Wildman–Crippen MR) is 69.0 cm³/mol. The zero-order chi connectivity index (χ0) is 12.3.